The molecule has 1 heterocycles. The number of halogens is 1. The lowest BCUT2D eigenvalue weighted by Gasteiger charge is -2.13. The molecule has 1 aromatic heterocycles. The van der Waals surface area contributed by atoms with Gasteiger partial charge in [0.15, 0.2) is 0 Å². The topological polar surface area (TPSA) is 35.8 Å². The number of hydrogen-bond donors (Lipinski definition) is 1. The average Bonchev–Trinajstić information content (AvgIpc) is 2.47. The summed E-state index contributed by atoms with van der Waals surface area (Å²) in [6.07, 6.45) is 0. The first-order chi connectivity index (χ1) is 6.15. The summed E-state index contributed by atoms with van der Waals surface area (Å²) >= 11 is 5.01. The maximum atomic E-state index is 8.94. The summed E-state index contributed by atoms with van der Waals surface area (Å²) in [6, 6.07) is 4.33. The molecule has 0 bridgehead atoms. The third kappa shape index (κ3) is 2.80. The van der Waals surface area contributed by atoms with Gasteiger partial charge in [0.1, 0.15) is 6.04 Å². The molecule has 0 aliphatic rings. The highest BCUT2D eigenvalue weighted by Crippen LogP contribution is 2.28. The second-order valence-corrected chi connectivity index (χ2v) is 4.82. The van der Waals surface area contributed by atoms with Crippen LogP contribution in [0.2, 0.25) is 0 Å². The van der Waals surface area contributed by atoms with Crippen LogP contribution in [0.1, 0.15) is 24.8 Å². The SMILES string of the molecule is CC(C)NC(C#N)c1sccc1Br. The average molecular weight is 259 g/mol. The Balaban J connectivity index is 2.80. The van der Waals surface area contributed by atoms with Gasteiger partial charge >= 0.3 is 0 Å². The van der Waals surface area contributed by atoms with Crippen molar-refractivity contribution in [2.75, 3.05) is 0 Å². The van der Waals surface area contributed by atoms with Gasteiger partial charge in [-0.25, -0.2) is 0 Å². The van der Waals surface area contributed by atoms with Crippen LogP contribution in [0.15, 0.2) is 15.9 Å². The monoisotopic (exact) mass is 258 g/mol. The standard InChI is InChI=1S/C9H11BrN2S/c1-6(2)12-8(5-11)9-7(10)3-4-13-9/h3-4,6,8,12H,1-2H3. The Hall–Kier alpha value is -0.370. The molecule has 0 saturated heterocycles. The van der Waals surface area contributed by atoms with Crippen molar-refractivity contribution in [1.29, 1.82) is 5.26 Å². The number of nitrogens with zero attached hydrogens (tertiary/aromatic N) is 1. The van der Waals surface area contributed by atoms with Crippen LogP contribution in [0.4, 0.5) is 0 Å². The molecule has 0 fully saturated rings. The van der Waals surface area contributed by atoms with Crippen LogP contribution in [0.25, 0.3) is 0 Å². The highest BCUT2D eigenvalue weighted by Gasteiger charge is 2.15. The molecular weight excluding hydrogens is 248 g/mol. The van der Waals surface area contributed by atoms with Gasteiger partial charge in [-0.1, -0.05) is 0 Å². The minimum absolute atomic E-state index is 0.200. The lowest BCUT2D eigenvalue weighted by Crippen LogP contribution is -2.26. The minimum atomic E-state index is -0.200. The van der Waals surface area contributed by atoms with Gasteiger partial charge in [0.2, 0.25) is 0 Å². The van der Waals surface area contributed by atoms with Gasteiger partial charge in [-0.05, 0) is 41.2 Å². The smallest absolute Gasteiger partial charge is 0.131 e. The number of nitriles is 1. The van der Waals surface area contributed by atoms with E-state index in [4.69, 9.17) is 5.26 Å². The van der Waals surface area contributed by atoms with E-state index in [1.165, 1.54) is 0 Å². The summed E-state index contributed by atoms with van der Waals surface area (Å²) in [4.78, 5) is 1.05. The molecule has 1 rings (SSSR count). The molecule has 1 atom stereocenters. The second kappa shape index (κ2) is 4.75. The molecule has 4 heteroatoms. The first-order valence-corrected chi connectivity index (χ1v) is 5.71. The van der Waals surface area contributed by atoms with E-state index in [2.05, 4.69) is 27.3 Å². The van der Waals surface area contributed by atoms with Crippen LogP contribution in [-0.4, -0.2) is 6.04 Å². The van der Waals surface area contributed by atoms with Gasteiger partial charge < -0.3 is 0 Å². The molecule has 2 nitrogen and oxygen atoms in total. The Bertz CT molecular complexity index is 314. The van der Waals surface area contributed by atoms with Crippen molar-refractivity contribution in [3.05, 3.63) is 20.8 Å². The number of hydrogen-bond acceptors (Lipinski definition) is 3. The molecule has 0 aliphatic carbocycles. The predicted molar refractivity (Wildman–Crippen MR) is 58.6 cm³/mol. The van der Waals surface area contributed by atoms with E-state index in [1.54, 1.807) is 11.3 Å². The van der Waals surface area contributed by atoms with E-state index in [0.717, 1.165) is 9.35 Å². The molecule has 1 N–H and O–H groups in total. The van der Waals surface area contributed by atoms with Crippen LogP contribution < -0.4 is 5.32 Å². The van der Waals surface area contributed by atoms with Crippen molar-refractivity contribution >= 4 is 27.3 Å². The lowest BCUT2D eigenvalue weighted by molar-refractivity contribution is 0.550. The van der Waals surface area contributed by atoms with Crippen molar-refractivity contribution in [2.45, 2.75) is 25.9 Å². The molecule has 1 unspecified atom stereocenters. The van der Waals surface area contributed by atoms with E-state index in [0.29, 0.717) is 6.04 Å². The largest absolute Gasteiger partial charge is 0.295 e. The Labute approximate surface area is 90.7 Å². The molecule has 0 saturated carbocycles. The zero-order valence-electron chi connectivity index (χ0n) is 7.54. The van der Waals surface area contributed by atoms with Gasteiger partial charge in [0, 0.05) is 10.5 Å². The van der Waals surface area contributed by atoms with Crippen LogP contribution in [0, 0.1) is 11.3 Å². The fraction of sp³-hybridized carbons (Fsp3) is 0.444. The van der Waals surface area contributed by atoms with E-state index < -0.39 is 0 Å². The molecule has 1 aromatic rings. The maximum Gasteiger partial charge on any atom is 0.131 e. The summed E-state index contributed by atoms with van der Waals surface area (Å²) in [5, 5.41) is 14.1. The van der Waals surface area contributed by atoms with Crippen molar-refractivity contribution in [1.82, 2.24) is 5.32 Å². The van der Waals surface area contributed by atoms with E-state index >= 15 is 0 Å². The zero-order chi connectivity index (χ0) is 9.84. The van der Waals surface area contributed by atoms with E-state index in [-0.39, 0.29) is 6.04 Å². The van der Waals surface area contributed by atoms with Crippen LogP contribution in [0.5, 0.6) is 0 Å². The molecular formula is C9H11BrN2S. The molecule has 0 aromatic carbocycles. The third-order valence-corrected chi connectivity index (χ3v) is 3.47. The van der Waals surface area contributed by atoms with Gasteiger partial charge in [0.05, 0.1) is 10.9 Å². The van der Waals surface area contributed by atoms with Crippen LogP contribution >= 0.6 is 27.3 Å². The highest BCUT2D eigenvalue weighted by molar-refractivity contribution is 9.10. The zero-order valence-corrected chi connectivity index (χ0v) is 9.95. The van der Waals surface area contributed by atoms with Gasteiger partial charge in [0.25, 0.3) is 0 Å². The Morgan fingerprint density at radius 1 is 1.62 bits per heavy atom. The van der Waals surface area contributed by atoms with Gasteiger partial charge in [-0.3, -0.25) is 5.32 Å². The van der Waals surface area contributed by atoms with Crippen molar-refractivity contribution in [3.8, 4) is 6.07 Å². The van der Waals surface area contributed by atoms with Crippen LogP contribution in [-0.2, 0) is 0 Å². The minimum Gasteiger partial charge on any atom is -0.295 e. The fourth-order valence-corrected chi connectivity index (χ4v) is 2.62. The number of rotatable bonds is 3. The van der Waals surface area contributed by atoms with Crippen molar-refractivity contribution in [2.24, 2.45) is 0 Å². The molecule has 70 valence electrons. The summed E-state index contributed by atoms with van der Waals surface area (Å²) < 4.78 is 1.01. The van der Waals surface area contributed by atoms with Gasteiger partial charge in [-0.15, -0.1) is 11.3 Å². The number of nitrogens with one attached hydrogen (secondary N) is 1. The molecule has 0 amide bonds. The van der Waals surface area contributed by atoms with Gasteiger partial charge in [-0.2, -0.15) is 5.26 Å². The fourth-order valence-electron chi connectivity index (χ4n) is 1.02. The maximum absolute atomic E-state index is 8.94. The van der Waals surface area contributed by atoms with Crippen LogP contribution in [0.3, 0.4) is 0 Å². The summed E-state index contributed by atoms with van der Waals surface area (Å²) in [5.41, 5.74) is 0. The quantitative estimate of drug-likeness (QED) is 0.905. The normalized spacial score (nSPS) is 12.8. The van der Waals surface area contributed by atoms with E-state index in [9.17, 15) is 0 Å². The first-order valence-electron chi connectivity index (χ1n) is 4.03. The Morgan fingerprint density at radius 2 is 2.31 bits per heavy atom. The number of thiophene rings is 1. The predicted octanol–water partition coefficient (Wildman–Crippen LogP) is 3.07. The summed E-state index contributed by atoms with van der Waals surface area (Å²) in [7, 11) is 0. The molecule has 0 spiro atoms. The highest BCUT2D eigenvalue weighted by atomic mass is 79.9. The Morgan fingerprint density at radius 3 is 2.69 bits per heavy atom. The first kappa shape index (κ1) is 10.7. The summed E-state index contributed by atoms with van der Waals surface area (Å²) in [5.74, 6) is 0. The van der Waals surface area contributed by atoms with Crippen molar-refractivity contribution < 1.29 is 0 Å². The lowest BCUT2D eigenvalue weighted by atomic mass is 10.2. The van der Waals surface area contributed by atoms with E-state index in [1.807, 2.05) is 25.3 Å². The second-order valence-electron chi connectivity index (χ2n) is 3.02. The van der Waals surface area contributed by atoms with Crippen molar-refractivity contribution in [3.63, 3.8) is 0 Å². The summed E-state index contributed by atoms with van der Waals surface area (Å²) in [6.45, 7) is 4.07. The molecule has 0 aliphatic heterocycles. The molecule has 0 radical (unpaired) electrons. The third-order valence-electron chi connectivity index (χ3n) is 1.54. The Kier molecular flexibility index (Phi) is 3.91. The molecule has 13 heavy (non-hydrogen) atoms.